The maximum Gasteiger partial charge on any atom is 0.117 e. The monoisotopic (exact) mass is 236 g/mol. The Kier molecular flexibility index (Phi) is 5.08. The lowest BCUT2D eigenvalue weighted by Crippen LogP contribution is -2.20. The van der Waals surface area contributed by atoms with Gasteiger partial charge in [0.1, 0.15) is 5.76 Å². The van der Waals surface area contributed by atoms with Gasteiger partial charge in [0.15, 0.2) is 0 Å². The van der Waals surface area contributed by atoms with Crippen molar-refractivity contribution >= 4 is 0 Å². The van der Waals surface area contributed by atoms with E-state index in [1.54, 1.807) is 6.26 Å². The number of hydrogen-bond donors (Lipinski definition) is 1. The van der Waals surface area contributed by atoms with Gasteiger partial charge in [0.25, 0.3) is 0 Å². The van der Waals surface area contributed by atoms with E-state index in [0.717, 1.165) is 24.9 Å². The second-order valence-corrected chi connectivity index (χ2v) is 5.11. The molecule has 0 unspecified atom stereocenters. The molecular weight excluding hydrogens is 212 g/mol. The Labute approximate surface area is 104 Å². The lowest BCUT2D eigenvalue weighted by molar-refractivity contribution is 0.288. The zero-order valence-electron chi connectivity index (χ0n) is 10.8. The van der Waals surface area contributed by atoms with Gasteiger partial charge in [-0.15, -0.1) is 0 Å². The Morgan fingerprint density at radius 3 is 2.94 bits per heavy atom. The fraction of sp³-hybridized carbons (Fsp3) is 0.714. The van der Waals surface area contributed by atoms with E-state index in [1.807, 2.05) is 12.1 Å². The molecule has 1 saturated carbocycles. The number of unbranched alkanes of at least 4 members (excludes halogenated alkanes) is 2. The predicted octanol–water partition coefficient (Wildman–Crippen LogP) is 2.63. The van der Waals surface area contributed by atoms with E-state index in [2.05, 4.69) is 17.3 Å². The van der Waals surface area contributed by atoms with Crippen molar-refractivity contribution in [1.29, 1.82) is 0 Å². The van der Waals surface area contributed by atoms with Crippen molar-refractivity contribution in [3.05, 3.63) is 24.2 Å². The van der Waals surface area contributed by atoms with Crippen molar-refractivity contribution in [2.24, 2.45) is 0 Å². The minimum absolute atomic E-state index is 0.858. The molecule has 3 heteroatoms. The molecule has 0 radical (unpaired) electrons. The van der Waals surface area contributed by atoms with Crippen LogP contribution in [0, 0.1) is 0 Å². The summed E-state index contributed by atoms with van der Waals surface area (Å²) in [4.78, 5) is 2.33. The largest absolute Gasteiger partial charge is 0.468 e. The zero-order chi connectivity index (χ0) is 11.9. The Balaban J connectivity index is 1.43. The second kappa shape index (κ2) is 6.82. The van der Waals surface area contributed by atoms with Crippen LogP contribution in [0.5, 0.6) is 0 Å². The van der Waals surface area contributed by atoms with Gasteiger partial charge in [-0.1, -0.05) is 6.42 Å². The van der Waals surface area contributed by atoms with Crippen molar-refractivity contribution in [3.63, 3.8) is 0 Å². The van der Waals surface area contributed by atoms with Crippen LogP contribution in [-0.2, 0) is 6.54 Å². The summed E-state index contributed by atoms with van der Waals surface area (Å²) in [6.07, 6.45) is 8.45. The number of furan rings is 1. The zero-order valence-corrected chi connectivity index (χ0v) is 10.8. The van der Waals surface area contributed by atoms with E-state index in [1.165, 1.54) is 38.6 Å². The third-order valence-electron chi connectivity index (χ3n) is 3.23. The minimum Gasteiger partial charge on any atom is -0.468 e. The fourth-order valence-electron chi connectivity index (χ4n) is 2.02. The lowest BCUT2D eigenvalue weighted by Gasteiger charge is -2.14. The van der Waals surface area contributed by atoms with Gasteiger partial charge in [-0.3, -0.25) is 4.90 Å². The molecule has 0 atom stereocenters. The smallest absolute Gasteiger partial charge is 0.117 e. The van der Waals surface area contributed by atoms with Gasteiger partial charge in [0.05, 0.1) is 12.8 Å². The molecule has 1 aliphatic rings. The van der Waals surface area contributed by atoms with Crippen molar-refractivity contribution in [1.82, 2.24) is 10.2 Å². The standard InChI is InChI=1S/C14H24N2O/c1-16(12-14-6-5-11-17-14)10-4-2-3-9-15-13-7-8-13/h5-6,11,13,15H,2-4,7-10,12H2,1H3. The number of nitrogens with zero attached hydrogens (tertiary/aromatic N) is 1. The summed E-state index contributed by atoms with van der Waals surface area (Å²) in [5.41, 5.74) is 0. The molecular formula is C14H24N2O. The Morgan fingerprint density at radius 2 is 2.24 bits per heavy atom. The van der Waals surface area contributed by atoms with Gasteiger partial charge < -0.3 is 9.73 Å². The van der Waals surface area contributed by atoms with Crippen LogP contribution < -0.4 is 5.32 Å². The third-order valence-corrected chi connectivity index (χ3v) is 3.23. The Hall–Kier alpha value is -0.800. The quantitative estimate of drug-likeness (QED) is 0.668. The summed E-state index contributed by atoms with van der Waals surface area (Å²) in [5, 5.41) is 3.55. The van der Waals surface area contributed by atoms with Gasteiger partial charge in [0.2, 0.25) is 0 Å². The van der Waals surface area contributed by atoms with E-state index in [4.69, 9.17) is 4.42 Å². The van der Waals surface area contributed by atoms with E-state index in [0.29, 0.717) is 0 Å². The van der Waals surface area contributed by atoms with E-state index in [9.17, 15) is 0 Å². The first-order valence-corrected chi connectivity index (χ1v) is 6.79. The van der Waals surface area contributed by atoms with Crippen LogP contribution in [-0.4, -0.2) is 31.1 Å². The predicted molar refractivity (Wildman–Crippen MR) is 69.9 cm³/mol. The molecule has 2 rings (SSSR count). The SMILES string of the molecule is CN(CCCCCNC1CC1)Cc1ccco1. The minimum atomic E-state index is 0.858. The average Bonchev–Trinajstić information content (AvgIpc) is 3.00. The van der Waals surface area contributed by atoms with Crippen LogP contribution in [0.3, 0.4) is 0 Å². The normalized spacial score (nSPS) is 15.6. The summed E-state index contributed by atoms with van der Waals surface area (Å²) in [6, 6.07) is 4.85. The van der Waals surface area contributed by atoms with Gasteiger partial charge in [-0.05, 0) is 58.0 Å². The van der Waals surface area contributed by atoms with E-state index in [-0.39, 0.29) is 0 Å². The second-order valence-electron chi connectivity index (χ2n) is 5.11. The molecule has 1 aliphatic carbocycles. The molecule has 1 aromatic heterocycles. The highest BCUT2D eigenvalue weighted by atomic mass is 16.3. The molecule has 17 heavy (non-hydrogen) atoms. The number of nitrogens with one attached hydrogen (secondary N) is 1. The molecule has 1 aromatic rings. The Bertz CT molecular complexity index is 293. The molecule has 0 amide bonds. The highest BCUT2D eigenvalue weighted by Gasteiger charge is 2.19. The van der Waals surface area contributed by atoms with E-state index < -0.39 is 0 Å². The highest BCUT2D eigenvalue weighted by molar-refractivity contribution is 4.97. The van der Waals surface area contributed by atoms with Gasteiger partial charge in [-0.2, -0.15) is 0 Å². The third kappa shape index (κ3) is 5.37. The van der Waals surface area contributed by atoms with Crippen molar-refractivity contribution in [2.45, 2.75) is 44.7 Å². The molecule has 3 nitrogen and oxygen atoms in total. The maximum atomic E-state index is 5.33. The Morgan fingerprint density at radius 1 is 1.35 bits per heavy atom. The van der Waals surface area contributed by atoms with Crippen LogP contribution in [0.2, 0.25) is 0 Å². The summed E-state index contributed by atoms with van der Waals surface area (Å²) in [5.74, 6) is 1.06. The molecule has 1 heterocycles. The molecule has 96 valence electrons. The van der Waals surface area contributed by atoms with Crippen LogP contribution >= 0.6 is 0 Å². The lowest BCUT2D eigenvalue weighted by atomic mass is 10.2. The van der Waals surface area contributed by atoms with Gasteiger partial charge in [-0.25, -0.2) is 0 Å². The van der Waals surface area contributed by atoms with Crippen LogP contribution in [0.15, 0.2) is 22.8 Å². The first-order chi connectivity index (χ1) is 8.34. The van der Waals surface area contributed by atoms with Crippen LogP contribution in [0.4, 0.5) is 0 Å². The summed E-state index contributed by atoms with van der Waals surface area (Å²) >= 11 is 0. The van der Waals surface area contributed by atoms with Crippen molar-refractivity contribution < 1.29 is 4.42 Å². The molecule has 0 bridgehead atoms. The fourth-order valence-corrected chi connectivity index (χ4v) is 2.02. The number of rotatable bonds is 9. The topological polar surface area (TPSA) is 28.4 Å². The first kappa shape index (κ1) is 12.7. The van der Waals surface area contributed by atoms with Crippen LogP contribution in [0.1, 0.15) is 37.9 Å². The van der Waals surface area contributed by atoms with E-state index >= 15 is 0 Å². The van der Waals surface area contributed by atoms with Gasteiger partial charge in [0, 0.05) is 6.04 Å². The molecule has 0 spiro atoms. The number of hydrogen-bond acceptors (Lipinski definition) is 3. The van der Waals surface area contributed by atoms with Crippen LogP contribution in [0.25, 0.3) is 0 Å². The first-order valence-electron chi connectivity index (χ1n) is 6.79. The summed E-state index contributed by atoms with van der Waals surface area (Å²) < 4.78 is 5.33. The molecule has 0 saturated heterocycles. The molecule has 0 aromatic carbocycles. The van der Waals surface area contributed by atoms with Crippen molar-refractivity contribution in [3.8, 4) is 0 Å². The highest BCUT2D eigenvalue weighted by Crippen LogP contribution is 2.18. The average molecular weight is 236 g/mol. The molecule has 1 fully saturated rings. The molecule has 0 aliphatic heterocycles. The summed E-state index contributed by atoms with van der Waals surface area (Å²) in [6.45, 7) is 3.28. The van der Waals surface area contributed by atoms with Crippen molar-refractivity contribution in [2.75, 3.05) is 20.1 Å². The van der Waals surface area contributed by atoms with Gasteiger partial charge >= 0.3 is 0 Å². The maximum absolute atomic E-state index is 5.33. The molecule has 1 N–H and O–H groups in total. The summed E-state index contributed by atoms with van der Waals surface area (Å²) in [7, 11) is 2.16.